The first-order valence-corrected chi connectivity index (χ1v) is 10.0. The number of piperidine rings is 1. The van der Waals surface area contributed by atoms with Crippen molar-refractivity contribution < 1.29 is 33.0 Å². The first-order chi connectivity index (χ1) is 14.9. The predicted molar refractivity (Wildman–Crippen MR) is 106 cm³/mol. The summed E-state index contributed by atoms with van der Waals surface area (Å²) in [4.78, 5) is 50.4. The number of hydrogen-bond acceptors (Lipinski definition) is 6. The summed E-state index contributed by atoms with van der Waals surface area (Å²) in [5.41, 5.74) is 0.702. The highest BCUT2D eigenvalue weighted by molar-refractivity contribution is 5.95. The Balaban J connectivity index is 1.61. The van der Waals surface area contributed by atoms with E-state index in [4.69, 9.17) is 9.47 Å². The molecule has 1 aromatic rings. The number of nitrogens with one attached hydrogen (secondary N) is 2. The molecule has 10 heteroatoms. The molecule has 166 valence electrons. The number of halogens is 1. The summed E-state index contributed by atoms with van der Waals surface area (Å²) in [6.07, 6.45) is 1.16. The maximum absolute atomic E-state index is 13.1. The Morgan fingerprint density at radius 3 is 2.65 bits per heavy atom. The summed E-state index contributed by atoms with van der Waals surface area (Å²) in [7, 11) is 0. The van der Waals surface area contributed by atoms with Crippen molar-refractivity contribution in [1.82, 2.24) is 15.5 Å². The summed E-state index contributed by atoms with van der Waals surface area (Å²) in [6.45, 7) is 2.18. The number of urea groups is 1. The maximum Gasteiger partial charge on any atom is 0.337 e. The molecule has 1 atom stereocenters. The Hall–Kier alpha value is -3.43. The lowest BCUT2D eigenvalue weighted by atomic mass is 9.97. The number of esters is 2. The van der Waals surface area contributed by atoms with Gasteiger partial charge in [0.2, 0.25) is 0 Å². The van der Waals surface area contributed by atoms with Crippen molar-refractivity contribution in [3.63, 3.8) is 0 Å². The van der Waals surface area contributed by atoms with Crippen LogP contribution in [0.4, 0.5) is 9.18 Å². The molecule has 1 fully saturated rings. The summed E-state index contributed by atoms with van der Waals surface area (Å²) < 4.78 is 23.4. The molecular formula is C21H24FN3O6. The molecule has 0 radical (unpaired) electrons. The fourth-order valence-corrected chi connectivity index (χ4v) is 3.46. The molecule has 2 aliphatic rings. The molecule has 2 N–H and O–H groups in total. The third-order valence-electron chi connectivity index (χ3n) is 5.07. The first-order valence-electron chi connectivity index (χ1n) is 10.0. The third-order valence-corrected chi connectivity index (χ3v) is 5.07. The van der Waals surface area contributed by atoms with Gasteiger partial charge in [0.25, 0.3) is 5.91 Å². The first kappa shape index (κ1) is 22.3. The molecule has 0 saturated carbocycles. The van der Waals surface area contributed by atoms with E-state index < -0.39 is 29.7 Å². The Morgan fingerprint density at radius 1 is 1.19 bits per heavy atom. The smallest absolute Gasteiger partial charge is 0.337 e. The van der Waals surface area contributed by atoms with Gasteiger partial charge in [-0.25, -0.2) is 14.0 Å². The summed E-state index contributed by atoms with van der Waals surface area (Å²) in [5.74, 6) is -2.38. The molecule has 2 aliphatic heterocycles. The molecule has 2 heterocycles. The second-order valence-electron chi connectivity index (χ2n) is 7.19. The zero-order chi connectivity index (χ0) is 22.4. The van der Waals surface area contributed by atoms with Crippen LogP contribution in [0, 0.1) is 11.7 Å². The van der Waals surface area contributed by atoms with Crippen molar-refractivity contribution in [2.45, 2.75) is 19.8 Å². The van der Waals surface area contributed by atoms with Crippen LogP contribution < -0.4 is 10.6 Å². The van der Waals surface area contributed by atoms with Crippen LogP contribution in [-0.2, 0) is 19.1 Å². The van der Waals surface area contributed by atoms with E-state index >= 15 is 0 Å². The van der Waals surface area contributed by atoms with E-state index in [1.54, 1.807) is 6.92 Å². The van der Waals surface area contributed by atoms with Crippen molar-refractivity contribution in [3.8, 4) is 0 Å². The number of ether oxygens (including phenoxy) is 2. The molecule has 1 aromatic carbocycles. The van der Waals surface area contributed by atoms with Gasteiger partial charge in [-0.1, -0.05) is 0 Å². The van der Waals surface area contributed by atoms with E-state index in [0.717, 1.165) is 0 Å². The van der Waals surface area contributed by atoms with Crippen LogP contribution in [0.25, 0.3) is 0 Å². The van der Waals surface area contributed by atoms with E-state index in [-0.39, 0.29) is 43.5 Å². The fourth-order valence-electron chi connectivity index (χ4n) is 3.46. The zero-order valence-corrected chi connectivity index (χ0v) is 17.1. The lowest BCUT2D eigenvalue weighted by Gasteiger charge is -2.32. The minimum Gasteiger partial charge on any atom is -0.463 e. The third kappa shape index (κ3) is 5.59. The highest BCUT2D eigenvalue weighted by Crippen LogP contribution is 2.21. The van der Waals surface area contributed by atoms with Gasteiger partial charge in [0.1, 0.15) is 12.4 Å². The number of benzene rings is 1. The van der Waals surface area contributed by atoms with Crippen LogP contribution in [-0.4, -0.2) is 61.6 Å². The number of hydrogen-bond donors (Lipinski definition) is 2. The van der Waals surface area contributed by atoms with Crippen molar-refractivity contribution in [3.05, 3.63) is 46.9 Å². The van der Waals surface area contributed by atoms with Crippen molar-refractivity contribution in [2.75, 3.05) is 32.8 Å². The van der Waals surface area contributed by atoms with Gasteiger partial charge < -0.3 is 25.0 Å². The number of carbonyl (C=O) groups excluding carboxylic acids is 4. The average molecular weight is 433 g/mol. The molecule has 3 rings (SSSR count). The van der Waals surface area contributed by atoms with E-state index in [1.807, 2.05) is 0 Å². The highest BCUT2D eigenvalue weighted by Gasteiger charge is 2.31. The van der Waals surface area contributed by atoms with Gasteiger partial charge in [-0.15, -0.1) is 0 Å². The lowest BCUT2D eigenvalue weighted by molar-refractivity contribution is -0.149. The molecule has 0 spiro atoms. The highest BCUT2D eigenvalue weighted by atomic mass is 19.1. The minimum atomic E-state index is -0.602. The monoisotopic (exact) mass is 433 g/mol. The number of carbonyl (C=O) groups is 4. The van der Waals surface area contributed by atoms with Crippen LogP contribution in [0.2, 0.25) is 0 Å². The van der Waals surface area contributed by atoms with E-state index in [0.29, 0.717) is 24.9 Å². The van der Waals surface area contributed by atoms with Gasteiger partial charge in [0, 0.05) is 18.7 Å². The molecule has 0 aliphatic carbocycles. The van der Waals surface area contributed by atoms with Crippen molar-refractivity contribution in [2.24, 2.45) is 5.92 Å². The van der Waals surface area contributed by atoms with Gasteiger partial charge in [0.05, 0.1) is 30.3 Å². The SMILES string of the molecule is CCOC(=O)C1=C(COC(=O)C2CCCN(C(=O)c3ccc(F)cc3)C2)NC(=O)NC1. The van der Waals surface area contributed by atoms with Crippen LogP contribution >= 0.6 is 0 Å². The number of nitrogens with zero attached hydrogens (tertiary/aromatic N) is 1. The van der Waals surface area contributed by atoms with Crippen LogP contribution in [0.5, 0.6) is 0 Å². The second kappa shape index (κ2) is 10.1. The van der Waals surface area contributed by atoms with E-state index in [9.17, 15) is 23.6 Å². The van der Waals surface area contributed by atoms with Crippen LogP contribution in [0.15, 0.2) is 35.5 Å². The van der Waals surface area contributed by atoms with Gasteiger partial charge >= 0.3 is 18.0 Å². The second-order valence-corrected chi connectivity index (χ2v) is 7.19. The molecular weight excluding hydrogens is 409 g/mol. The molecule has 1 unspecified atom stereocenters. The van der Waals surface area contributed by atoms with Gasteiger partial charge in [-0.05, 0) is 44.0 Å². The summed E-state index contributed by atoms with van der Waals surface area (Å²) >= 11 is 0. The van der Waals surface area contributed by atoms with E-state index in [1.165, 1.54) is 29.2 Å². The molecule has 31 heavy (non-hydrogen) atoms. The standard InChI is InChI=1S/C21H24FN3O6/c1-2-30-20(28)16-10-23-21(29)24-17(16)12-31-19(27)14-4-3-9-25(11-14)18(26)13-5-7-15(22)8-6-13/h5-8,14H,2-4,9-12H2,1H3,(H2,23,24,29). The quantitative estimate of drug-likeness (QED) is 0.655. The normalized spacial score (nSPS) is 18.7. The Labute approximate surface area is 178 Å². The van der Waals surface area contributed by atoms with Crippen LogP contribution in [0.3, 0.4) is 0 Å². The Morgan fingerprint density at radius 2 is 1.94 bits per heavy atom. The maximum atomic E-state index is 13.1. The molecule has 1 saturated heterocycles. The minimum absolute atomic E-state index is 0.0269. The summed E-state index contributed by atoms with van der Waals surface area (Å²) in [6, 6.07) is 4.73. The van der Waals surface area contributed by atoms with Crippen molar-refractivity contribution >= 4 is 23.9 Å². The summed E-state index contributed by atoms with van der Waals surface area (Å²) in [5, 5.41) is 4.95. The number of likely N-dealkylation sites (tertiary alicyclic amines) is 1. The predicted octanol–water partition coefficient (Wildman–Crippen LogP) is 1.35. The van der Waals surface area contributed by atoms with E-state index in [2.05, 4.69) is 10.6 Å². The average Bonchev–Trinajstić information content (AvgIpc) is 2.77. The number of amides is 3. The van der Waals surface area contributed by atoms with Crippen LogP contribution in [0.1, 0.15) is 30.1 Å². The topological polar surface area (TPSA) is 114 Å². The molecule has 0 aromatic heterocycles. The molecule has 3 amide bonds. The largest absolute Gasteiger partial charge is 0.463 e. The van der Waals surface area contributed by atoms with Crippen molar-refractivity contribution in [1.29, 1.82) is 0 Å². The fraction of sp³-hybridized carbons (Fsp3) is 0.429. The molecule has 0 bridgehead atoms. The number of rotatable bonds is 6. The van der Waals surface area contributed by atoms with Gasteiger partial charge in [-0.2, -0.15) is 0 Å². The molecule has 9 nitrogen and oxygen atoms in total. The Bertz CT molecular complexity index is 899. The Kier molecular flexibility index (Phi) is 7.22. The van der Waals surface area contributed by atoms with Gasteiger partial charge in [0.15, 0.2) is 0 Å². The lowest BCUT2D eigenvalue weighted by Crippen LogP contribution is -2.46. The zero-order valence-electron chi connectivity index (χ0n) is 17.1. The van der Waals surface area contributed by atoms with Gasteiger partial charge in [-0.3, -0.25) is 9.59 Å².